The molecular weight excluding hydrogens is 240 g/mol. The summed E-state index contributed by atoms with van der Waals surface area (Å²) in [5.74, 6) is 1.49. The van der Waals surface area contributed by atoms with E-state index in [2.05, 4.69) is 4.98 Å². The largest absolute Gasteiger partial charge is 0.497 e. The van der Waals surface area contributed by atoms with E-state index >= 15 is 0 Å². The second-order valence-corrected chi connectivity index (χ2v) is 4.36. The van der Waals surface area contributed by atoms with Gasteiger partial charge in [0.15, 0.2) is 0 Å². The maximum atomic E-state index is 6.01. The molecule has 100 valence electrons. The summed E-state index contributed by atoms with van der Waals surface area (Å²) in [6.45, 7) is 1.92. The van der Waals surface area contributed by atoms with Gasteiger partial charge in [-0.2, -0.15) is 0 Å². The summed E-state index contributed by atoms with van der Waals surface area (Å²) in [6, 6.07) is 11.2. The Hall–Kier alpha value is -2.07. The van der Waals surface area contributed by atoms with E-state index in [-0.39, 0.29) is 12.1 Å². The van der Waals surface area contributed by atoms with E-state index in [1.54, 1.807) is 19.5 Å². The molecule has 2 N–H and O–H groups in total. The topological polar surface area (TPSA) is 57.4 Å². The minimum Gasteiger partial charge on any atom is -0.497 e. The summed E-state index contributed by atoms with van der Waals surface area (Å²) in [5.41, 5.74) is 7.02. The van der Waals surface area contributed by atoms with E-state index in [0.717, 1.165) is 17.1 Å². The highest BCUT2D eigenvalue weighted by atomic mass is 16.5. The van der Waals surface area contributed by atoms with Gasteiger partial charge in [-0.15, -0.1) is 0 Å². The number of methoxy groups -OCH3 is 1. The zero-order valence-corrected chi connectivity index (χ0v) is 11.1. The monoisotopic (exact) mass is 258 g/mol. The molecule has 0 fully saturated rings. The number of ether oxygens (including phenoxy) is 2. The van der Waals surface area contributed by atoms with Crippen LogP contribution in [0.3, 0.4) is 0 Å². The minimum absolute atomic E-state index is 0.131. The molecule has 1 aromatic heterocycles. The highest BCUT2D eigenvalue weighted by molar-refractivity contribution is 5.33. The van der Waals surface area contributed by atoms with Crippen molar-refractivity contribution in [3.05, 3.63) is 54.4 Å². The summed E-state index contributed by atoms with van der Waals surface area (Å²) in [4.78, 5) is 4.01. The summed E-state index contributed by atoms with van der Waals surface area (Å²) >= 11 is 0. The molecule has 0 aliphatic carbocycles. The molecule has 2 atom stereocenters. The molecule has 19 heavy (non-hydrogen) atoms. The van der Waals surface area contributed by atoms with Gasteiger partial charge in [0, 0.05) is 24.5 Å². The summed E-state index contributed by atoms with van der Waals surface area (Å²) in [7, 11) is 1.63. The van der Waals surface area contributed by atoms with Crippen molar-refractivity contribution in [2.75, 3.05) is 7.11 Å². The highest BCUT2D eigenvalue weighted by Gasteiger charge is 2.18. The zero-order valence-electron chi connectivity index (χ0n) is 11.1. The predicted octanol–water partition coefficient (Wildman–Crippen LogP) is 2.56. The van der Waals surface area contributed by atoms with E-state index in [4.69, 9.17) is 15.2 Å². The van der Waals surface area contributed by atoms with Crippen LogP contribution in [0, 0.1) is 0 Å². The third-order valence-electron chi connectivity index (χ3n) is 2.82. The molecule has 0 aliphatic heterocycles. The number of pyridine rings is 1. The number of rotatable bonds is 5. The lowest BCUT2D eigenvalue weighted by Gasteiger charge is -2.23. The quantitative estimate of drug-likeness (QED) is 0.895. The Labute approximate surface area is 113 Å². The lowest BCUT2D eigenvalue weighted by Crippen LogP contribution is -2.29. The Morgan fingerprint density at radius 3 is 2.42 bits per heavy atom. The SMILES string of the molecule is COc1cccc(OC(c2ccncc2)C(C)N)c1. The van der Waals surface area contributed by atoms with Crippen LogP contribution in [0.2, 0.25) is 0 Å². The molecule has 0 saturated heterocycles. The Kier molecular flexibility index (Phi) is 4.36. The summed E-state index contributed by atoms with van der Waals surface area (Å²) in [5, 5.41) is 0. The molecule has 0 aliphatic rings. The van der Waals surface area contributed by atoms with Crippen LogP contribution in [0.25, 0.3) is 0 Å². The summed E-state index contributed by atoms with van der Waals surface area (Å²) < 4.78 is 11.2. The number of aromatic nitrogens is 1. The fourth-order valence-corrected chi connectivity index (χ4v) is 1.85. The fraction of sp³-hybridized carbons (Fsp3) is 0.267. The van der Waals surface area contributed by atoms with Crippen molar-refractivity contribution in [3.63, 3.8) is 0 Å². The van der Waals surface area contributed by atoms with Crippen molar-refractivity contribution in [2.24, 2.45) is 5.73 Å². The van der Waals surface area contributed by atoms with Gasteiger partial charge in [0.05, 0.1) is 7.11 Å². The first-order valence-corrected chi connectivity index (χ1v) is 6.17. The molecule has 2 unspecified atom stereocenters. The molecule has 0 radical (unpaired) electrons. The molecule has 2 rings (SSSR count). The Balaban J connectivity index is 2.21. The van der Waals surface area contributed by atoms with Crippen molar-refractivity contribution < 1.29 is 9.47 Å². The van der Waals surface area contributed by atoms with Crippen molar-refractivity contribution in [3.8, 4) is 11.5 Å². The first-order chi connectivity index (χ1) is 9.20. The van der Waals surface area contributed by atoms with E-state index < -0.39 is 0 Å². The van der Waals surface area contributed by atoms with Crippen LogP contribution in [0.5, 0.6) is 11.5 Å². The van der Waals surface area contributed by atoms with Crippen LogP contribution in [-0.2, 0) is 0 Å². The van der Waals surface area contributed by atoms with Gasteiger partial charge in [-0.3, -0.25) is 4.98 Å². The van der Waals surface area contributed by atoms with E-state index in [9.17, 15) is 0 Å². The zero-order chi connectivity index (χ0) is 13.7. The minimum atomic E-state index is -0.213. The van der Waals surface area contributed by atoms with Gasteiger partial charge in [-0.25, -0.2) is 0 Å². The van der Waals surface area contributed by atoms with Crippen LogP contribution in [0.15, 0.2) is 48.8 Å². The number of hydrogen-bond donors (Lipinski definition) is 1. The predicted molar refractivity (Wildman–Crippen MR) is 74.2 cm³/mol. The Bertz CT molecular complexity index is 515. The smallest absolute Gasteiger partial charge is 0.139 e. The van der Waals surface area contributed by atoms with Crippen molar-refractivity contribution in [1.82, 2.24) is 4.98 Å². The van der Waals surface area contributed by atoms with Crippen molar-refractivity contribution >= 4 is 0 Å². The molecule has 0 saturated carbocycles. The standard InChI is InChI=1S/C15H18N2O2/c1-11(16)15(12-6-8-17-9-7-12)19-14-5-3-4-13(10-14)18-2/h3-11,15H,16H2,1-2H3. The van der Waals surface area contributed by atoms with Crippen LogP contribution < -0.4 is 15.2 Å². The highest BCUT2D eigenvalue weighted by Crippen LogP contribution is 2.26. The van der Waals surface area contributed by atoms with Gasteiger partial charge >= 0.3 is 0 Å². The fourth-order valence-electron chi connectivity index (χ4n) is 1.85. The molecule has 4 nitrogen and oxygen atoms in total. The second kappa shape index (κ2) is 6.20. The van der Waals surface area contributed by atoms with Crippen LogP contribution in [-0.4, -0.2) is 18.1 Å². The number of nitrogens with two attached hydrogens (primary N) is 1. The van der Waals surface area contributed by atoms with Crippen LogP contribution in [0.1, 0.15) is 18.6 Å². The van der Waals surface area contributed by atoms with Gasteiger partial charge in [0.1, 0.15) is 17.6 Å². The van der Waals surface area contributed by atoms with E-state index in [1.165, 1.54) is 0 Å². The maximum absolute atomic E-state index is 6.01. The van der Waals surface area contributed by atoms with Crippen molar-refractivity contribution in [2.45, 2.75) is 19.1 Å². The van der Waals surface area contributed by atoms with E-state index in [0.29, 0.717) is 0 Å². The van der Waals surface area contributed by atoms with E-state index in [1.807, 2.05) is 43.3 Å². The van der Waals surface area contributed by atoms with Crippen LogP contribution >= 0.6 is 0 Å². The lowest BCUT2D eigenvalue weighted by atomic mass is 10.1. The number of benzene rings is 1. The molecule has 0 amide bonds. The van der Waals surface area contributed by atoms with Gasteiger partial charge < -0.3 is 15.2 Å². The first-order valence-electron chi connectivity index (χ1n) is 6.17. The number of nitrogens with zero attached hydrogens (tertiary/aromatic N) is 1. The third kappa shape index (κ3) is 3.45. The van der Waals surface area contributed by atoms with Crippen molar-refractivity contribution in [1.29, 1.82) is 0 Å². The summed E-state index contributed by atoms with van der Waals surface area (Å²) in [6.07, 6.45) is 3.26. The van der Waals surface area contributed by atoms with Gasteiger partial charge in [0.2, 0.25) is 0 Å². The molecule has 0 bridgehead atoms. The molecule has 4 heteroatoms. The normalized spacial score (nSPS) is 13.6. The van der Waals surface area contributed by atoms with Gasteiger partial charge in [-0.1, -0.05) is 6.07 Å². The first kappa shape index (κ1) is 13.4. The molecule has 0 spiro atoms. The Morgan fingerprint density at radius 2 is 1.79 bits per heavy atom. The third-order valence-corrected chi connectivity index (χ3v) is 2.82. The maximum Gasteiger partial charge on any atom is 0.139 e. The Morgan fingerprint density at radius 1 is 1.11 bits per heavy atom. The molecule has 1 heterocycles. The lowest BCUT2D eigenvalue weighted by molar-refractivity contribution is 0.179. The molecular formula is C15H18N2O2. The van der Waals surface area contributed by atoms with Crippen LogP contribution in [0.4, 0.5) is 0 Å². The molecule has 2 aromatic rings. The number of hydrogen-bond acceptors (Lipinski definition) is 4. The van der Waals surface area contributed by atoms with Gasteiger partial charge in [0.25, 0.3) is 0 Å². The second-order valence-electron chi connectivity index (χ2n) is 4.36. The average molecular weight is 258 g/mol. The average Bonchev–Trinajstić information content (AvgIpc) is 2.45. The van der Waals surface area contributed by atoms with Gasteiger partial charge in [-0.05, 0) is 36.8 Å². The molecule has 1 aromatic carbocycles.